The van der Waals surface area contributed by atoms with Crippen molar-refractivity contribution in [3.05, 3.63) is 243 Å². The van der Waals surface area contributed by atoms with Crippen LogP contribution in [0.15, 0.2) is 247 Å². The van der Waals surface area contributed by atoms with Crippen LogP contribution < -0.4 is 0 Å². The number of hydrogen-bond donors (Lipinski definition) is 0. The van der Waals surface area contributed by atoms with Crippen LogP contribution in [0.4, 0.5) is 0 Å². The van der Waals surface area contributed by atoms with Gasteiger partial charge in [0.05, 0.1) is 11.0 Å². The minimum Gasteiger partial charge on any atom is -0.456 e. The maximum atomic E-state index is 6.73. The zero-order valence-electron chi connectivity index (χ0n) is 40.6. The molecule has 0 unspecified atom stereocenters. The van der Waals surface area contributed by atoms with Gasteiger partial charge in [-0.1, -0.05) is 164 Å². The highest BCUT2D eigenvalue weighted by molar-refractivity contribution is 7.26. The number of furan rings is 1. The quantitative estimate of drug-likeness (QED) is 0.160. The molecule has 0 spiro atoms. The smallest absolute Gasteiger partial charge is 0.164 e. The Balaban J connectivity index is 0.885. The fraction of sp³-hybridized carbons (Fsp3) is 0. The molecule has 0 bridgehead atoms. The topological polar surface area (TPSA) is 56.7 Å². The first kappa shape index (κ1) is 42.9. The van der Waals surface area contributed by atoms with Crippen LogP contribution >= 0.6 is 22.7 Å². The van der Waals surface area contributed by atoms with E-state index in [2.05, 4.69) is 217 Å². The molecule has 0 aliphatic carbocycles. The summed E-state index contributed by atoms with van der Waals surface area (Å²) in [5.74, 6) is 1.79. The number of benzene rings is 11. The molecule has 0 saturated carbocycles. The van der Waals surface area contributed by atoms with E-state index in [9.17, 15) is 0 Å². The Morgan fingerprint density at radius 1 is 0.303 bits per heavy atom. The van der Waals surface area contributed by atoms with Gasteiger partial charge in [-0.3, -0.25) is 0 Å². The number of para-hydroxylation sites is 2. The van der Waals surface area contributed by atoms with Gasteiger partial charge in [0.2, 0.25) is 0 Å². The molecule has 11 aromatic carbocycles. The molecule has 5 aromatic heterocycles. The summed E-state index contributed by atoms with van der Waals surface area (Å²) in [7, 11) is 0. The Morgan fingerprint density at radius 3 is 1.76 bits per heavy atom. The van der Waals surface area contributed by atoms with E-state index in [1.165, 1.54) is 73.3 Å². The molecule has 0 aliphatic heterocycles. The van der Waals surface area contributed by atoms with Crippen LogP contribution in [0, 0.1) is 0 Å². The molecule has 5 nitrogen and oxygen atoms in total. The molecular weight excluding hydrogens is 965 g/mol. The predicted octanol–water partition coefficient (Wildman–Crippen LogP) is 19.6. The van der Waals surface area contributed by atoms with Crippen molar-refractivity contribution in [2.45, 2.75) is 0 Å². The first-order valence-electron chi connectivity index (χ1n) is 25.5. The van der Waals surface area contributed by atoms with Crippen LogP contribution in [0.1, 0.15) is 0 Å². The molecule has 0 radical (unpaired) electrons. The van der Waals surface area contributed by atoms with Crippen LogP contribution in [0.3, 0.4) is 0 Å². The van der Waals surface area contributed by atoms with Crippen LogP contribution in [0.5, 0.6) is 0 Å². The summed E-state index contributed by atoms with van der Waals surface area (Å²) in [5.41, 5.74) is 14.6. The summed E-state index contributed by atoms with van der Waals surface area (Å²) in [4.78, 5) is 16.0. The van der Waals surface area contributed by atoms with Crippen LogP contribution in [0.2, 0.25) is 0 Å². The number of hydrogen-bond acceptors (Lipinski definition) is 6. The standard InChI is InChI=1S/C69H40N4OS2/c1-3-17-41(18-4-1)67-70-68(50-24-8-7-21-46(50)49-26-16-32-63-65(49)51-25-11-14-31-62(51)75-63)72-69(71-67)52-27-15-29-60-64(52)56-37-42(34-36-59(56)74-60)44-39-53(66-55(40-44)48-23-10-13-30-61(48)76-66)43-33-35-58-54(38-43)47-22-9-12-28-57(47)73(58)45-19-5-2-6-20-45/h1-40H. The molecule has 0 N–H and O–H groups in total. The normalized spacial score (nSPS) is 11.9. The molecule has 0 amide bonds. The van der Waals surface area contributed by atoms with Gasteiger partial charge < -0.3 is 8.98 Å². The van der Waals surface area contributed by atoms with E-state index in [4.69, 9.17) is 19.4 Å². The molecule has 354 valence electrons. The Labute approximate surface area is 443 Å². The number of thiophene rings is 2. The maximum Gasteiger partial charge on any atom is 0.164 e. The van der Waals surface area contributed by atoms with Gasteiger partial charge >= 0.3 is 0 Å². The van der Waals surface area contributed by atoms with Crippen molar-refractivity contribution >= 4 is 107 Å². The number of fused-ring (bicyclic) bond motifs is 12. The summed E-state index contributed by atoms with van der Waals surface area (Å²) in [6.07, 6.45) is 0. The zero-order valence-corrected chi connectivity index (χ0v) is 42.2. The SMILES string of the molecule is c1ccc(-c2nc(-c3ccccc3-c3cccc4sc5ccccc5c34)nc(-c3cccc4oc5ccc(-c6cc(-c7ccc8c(c7)c7ccccc7n8-c7ccccc7)c7sc8ccccc8c7c6)cc5c34)n2)cc1. The van der Waals surface area contributed by atoms with Gasteiger partial charge in [-0.05, 0) is 107 Å². The van der Waals surface area contributed by atoms with Gasteiger partial charge in [0.1, 0.15) is 11.2 Å². The van der Waals surface area contributed by atoms with Crippen molar-refractivity contribution in [1.29, 1.82) is 0 Å². The summed E-state index contributed by atoms with van der Waals surface area (Å²) >= 11 is 3.69. The minimum absolute atomic E-state index is 0.578. The average molecular weight is 1010 g/mol. The number of nitrogens with zero attached hydrogens (tertiary/aromatic N) is 4. The first-order valence-corrected chi connectivity index (χ1v) is 27.1. The lowest BCUT2D eigenvalue weighted by atomic mass is 9.94. The summed E-state index contributed by atoms with van der Waals surface area (Å²) in [6, 6.07) is 86.8. The molecule has 7 heteroatoms. The molecule has 0 atom stereocenters. The predicted molar refractivity (Wildman–Crippen MR) is 320 cm³/mol. The van der Waals surface area contributed by atoms with E-state index in [0.29, 0.717) is 17.5 Å². The second-order valence-electron chi connectivity index (χ2n) is 19.4. The van der Waals surface area contributed by atoms with Gasteiger partial charge in [0.15, 0.2) is 17.5 Å². The van der Waals surface area contributed by atoms with E-state index >= 15 is 0 Å². The lowest BCUT2D eigenvalue weighted by Crippen LogP contribution is -2.01. The van der Waals surface area contributed by atoms with Crippen molar-refractivity contribution < 1.29 is 4.42 Å². The molecular formula is C69H40N4OS2. The Bertz CT molecular complexity index is 5010. The number of aromatic nitrogens is 4. The number of rotatable bonds is 7. The van der Waals surface area contributed by atoms with E-state index in [0.717, 1.165) is 66.6 Å². The van der Waals surface area contributed by atoms with Gasteiger partial charge in [0, 0.05) is 89.8 Å². The lowest BCUT2D eigenvalue weighted by molar-refractivity contribution is 0.669. The van der Waals surface area contributed by atoms with Crippen LogP contribution in [0.25, 0.3) is 157 Å². The fourth-order valence-corrected chi connectivity index (χ4v) is 14.0. The third-order valence-corrected chi connectivity index (χ3v) is 17.4. The van der Waals surface area contributed by atoms with E-state index < -0.39 is 0 Å². The third kappa shape index (κ3) is 6.73. The average Bonchev–Trinajstić information content (AvgIpc) is 4.26. The van der Waals surface area contributed by atoms with Crippen LogP contribution in [-0.4, -0.2) is 19.5 Å². The highest BCUT2D eigenvalue weighted by Gasteiger charge is 2.23. The van der Waals surface area contributed by atoms with Gasteiger partial charge in [-0.25, -0.2) is 15.0 Å². The highest BCUT2D eigenvalue weighted by Crippen LogP contribution is 2.47. The fourth-order valence-electron chi connectivity index (χ4n) is 11.6. The monoisotopic (exact) mass is 1000 g/mol. The Hall–Kier alpha value is -9.53. The van der Waals surface area contributed by atoms with Crippen molar-refractivity contribution in [2.24, 2.45) is 0 Å². The lowest BCUT2D eigenvalue weighted by Gasteiger charge is -2.13. The Morgan fingerprint density at radius 2 is 0.908 bits per heavy atom. The molecule has 16 rings (SSSR count). The van der Waals surface area contributed by atoms with Crippen molar-refractivity contribution in [3.8, 4) is 73.2 Å². The maximum absolute atomic E-state index is 6.73. The molecule has 16 aromatic rings. The molecule has 0 aliphatic rings. The first-order chi connectivity index (χ1) is 37.7. The molecule has 5 heterocycles. The molecule has 0 fully saturated rings. The van der Waals surface area contributed by atoms with Gasteiger partial charge in [-0.2, -0.15) is 0 Å². The largest absolute Gasteiger partial charge is 0.456 e. The van der Waals surface area contributed by atoms with Gasteiger partial charge in [0.25, 0.3) is 0 Å². The Kier molecular flexibility index (Phi) is 9.61. The second kappa shape index (κ2) is 17.0. The van der Waals surface area contributed by atoms with E-state index in [-0.39, 0.29) is 0 Å². The molecule has 76 heavy (non-hydrogen) atoms. The van der Waals surface area contributed by atoms with Crippen molar-refractivity contribution in [3.63, 3.8) is 0 Å². The van der Waals surface area contributed by atoms with E-state index in [1.54, 1.807) is 0 Å². The van der Waals surface area contributed by atoms with Crippen molar-refractivity contribution in [1.82, 2.24) is 19.5 Å². The van der Waals surface area contributed by atoms with Gasteiger partial charge in [-0.15, -0.1) is 22.7 Å². The van der Waals surface area contributed by atoms with Crippen molar-refractivity contribution in [2.75, 3.05) is 0 Å². The summed E-state index contributed by atoms with van der Waals surface area (Å²) in [6.45, 7) is 0. The molecule has 0 saturated heterocycles. The zero-order chi connectivity index (χ0) is 49.8. The highest BCUT2D eigenvalue weighted by atomic mass is 32.1. The summed E-state index contributed by atoms with van der Waals surface area (Å²) in [5, 5.41) is 9.40. The second-order valence-corrected chi connectivity index (χ2v) is 21.5. The summed E-state index contributed by atoms with van der Waals surface area (Å²) < 4.78 is 14.2. The third-order valence-electron chi connectivity index (χ3n) is 15.1. The van der Waals surface area contributed by atoms with E-state index in [1.807, 2.05) is 53.0 Å². The van der Waals surface area contributed by atoms with Crippen LogP contribution in [-0.2, 0) is 0 Å². The minimum atomic E-state index is 0.578.